The zero-order chi connectivity index (χ0) is 14.8. The molecule has 0 radical (unpaired) electrons. The van der Waals surface area contributed by atoms with E-state index in [4.69, 9.17) is 15.2 Å². The molecule has 5 heteroatoms. The Morgan fingerprint density at radius 3 is 2.85 bits per heavy atom. The van der Waals surface area contributed by atoms with Gasteiger partial charge in [-0.25, -0.2) is 0 Å². The summed E-state index contributed by atoms with van der Waals surface area (Å²) in [5, 5.41) is 2.87. The van der Waals surface area contributed by atoms with Crippen molar-refractivity contribution in [2.45, 2.75) is 26.2 Å². The summed E-state index contributed by atoms with van der Waals surface area (Å²) in [5.74, 6) is 0.713. The molecule has 0 atom stereocenters. The fourth-order valence-corrected chi connectivity index (χ4v) is 1.83. The van der Waals surface area contributed by atoms with Crippen molar-refractivity contribution < 1.29 is 14.3 Å². The largest absolute Gasteiger partial charge is 0.495 e. The maximum atomic E-state index is 11.6. The number of hydrogen-bond donors (Lipinski definition) is 2. The van der Waals surface area contributed by atoms with Crippen LogP contribution >= 0.6 is 0 Å². The lowest BCUT2D eigenvalue weighted by atomic mass is 10.1. The van der Waals surface area contributed by atoms with Gasteiger partial charge in [0.2, 0.25) is 5.91 Å². The molecule has 0 aromatic heterocycles. The van der Waals surface area contributed by atoms with Crippen LogP contribution < -0.4 is 15.8 Å². The van der Waals surface area contributed by atoms with E-state index < -0.39 is 0 Å². The van der Waals surface area contributed by atoms with Gasteiger partial charge in [-0.05, 0) is 37.5 Å². The predicted molar refractivity (Wildman–Crippen MR) is 79.8 cm³/mol. The maximum absolute atomic E-state index is 11.6. The minimum atomic E-state index is 0.0517. The second-order valence-electron chi connectivity index (χ2n) is 4.48. The zero-order valence-electron chi connectivity index (χ0n) is 12.3. The third-order valence-corrected chi connectivity index (χ3v) is 2.93. The fraction of sp³-hybridized carbons (Fsp3) is 0.533. The summed E-state index contributed by atoms with van der Waals surface area (Å²) in [6.45, 7) is 4.02. The summed E-state index contributed by atoms with van der Waals surface area (Å²) in [6, 6.07) is 5.60. The van der Waals surface area contributed by atoms with Crippen molar-refractivity contribution >= 4 is 11.6 Å². The Bertz CT molecular complexity index is 422. The first-order valence-electron chi connectivity index (χ1n) is 6.94. The van der Waals surface area contributed by atoms with Gasteiger partial charge < -0.3 is 20.5 Å². The molecule has 0 fully saturated rings. The number of carbonyl (C=O) groups is 1. The smallest absolute Gasteiger partial charge is 0.220 e. The first-order valence-corrected chi connectivity index (χ1v) is 6.94. The van der Waals surface area contributed by atoms with Crippen LogP contribution in [-0.2, 0) is 16.0 Å². The van der Waals surface area contributed by atoms with Crippen LogP contribution in [0.1, 0.15) is 25.3 Å². The molecule has 5 nitrogen and oxygen atoms in total. The van der Waals surface area contributed by atoms with Crippen LogP contribution in [0.5, 0.6) is 5.75 Å². The van der Waals surface area contributed by atoms with Crippen molar-refractivity contribution in [2.24, 2.45) is 0 Å². The molecule has 1 rings (SSSR count). The molecule has 1 amide bonds. The van der Waals surface area contributed by atoms with E-state index in [1.807, 2.05) is 25.1 Å². The summed E-state index contributed by atoms with van der Waals surface area (Å²) in [5.41, 5.74) is 7.46. The number of nitrogens with one attached hydrogen (secondary N) is 1. The van der Waals surface area contributed by atoms with Crippen molar-refractivity contribution in [1.29, 1.82) is 0 Å². The van der Waals surface area contributed by atoms with Crippen LogP contribution in [-0.4, -0.2) is 32.8 Å². The second kappa shape index (κ2) is 9.20. The summed E-state index contributed by atoms with van der Waals surface area (Å²) in [4.78, 5) is 11.6. The van der Waals surface area contributed by atoms with Crippen molar-refractivity contribution in [3.05, 3.63) is 23.8 Å². The Labute approximate surface area is 120 Å². The van der Waals surface area contributed by atoms with E-state index in [0.29, 0.717) is 44.0 Å². The van der Waals surface area contributed by atoms with E-state index in [1.54, 1.807) is 7.11 Å². The number of rotatable bonds is 9. The molecular weight excluding hydrogens is 256 g/mol. The zero-order valence-corrected chi connectivity index (χ0v) is 12.3. The first kappa shape index (κ1) is 16.3. The lowest BCUT2D eigenvalue weighted by Crippen LogP contribution is -2.25. The van der Waals surface area contributed by atoms with Gasteiger partial charge in [0.25, 0.3) is 0 Å². The SMILES string of the molecule is CCOCCCNC(=O)CCc1ccc(OC)c(N)c1. The third-order valence-electron chi connectivity index (χ3n) is 2.93. The summed E-state index contributed by atoms with van der Waals surface area (Å²) >= 11 is 0. The van der Waals surface area contributed by atoms with Crippen LogP contribution in [0.15, 0.2) is 18.2 Å². The van der Waals surface area contributed by atoms with Gasteiger partial charge in [0.1, 0.15) is 5.75 Å². The van der Waals surface area contributed by atoms with Crippen LogP contribution in [0.3, 0.4) is 0 Å². The molecule has 0 unspecified atom stereocenters. The molecule has 112 valence electrons. The van der Waals surface area contributed by atoms with E-state index in [-0.39, 0.29) is 5.91 Å². The minimum absolute atomic E-state index is 0.0517. The normalized spacial score (nSPS) is 10.3. The van der Waals surface area contributed by atoms with E-state index >= 15 is 0 Å². The molecule has 0 aliphatic carbocycles. The highest BCUT2D eigenvalue weighted by molar-refractivity contribution is 5.76. The van der Waals surface area contributed by atoms with E-state index in [1.165, 1.54) is 0 Å². The van der Waals surface area contributed by atoms with E-state index in [9.17, 15) is 4.79 Å². The van der Waals surface area contributed by atoms with Crippen LogP contribution in [0.25, 0.3) is 0 Å². The monoisotopic (exact) mass is 280 g/mol. The number of carbonyl (C=O) groups excluding carboxylic acids is 1. The number of benzene rings is 1. The lowest BCUT2D eigenvalue weighted by Gasteiger charge is -2.08. The van der Waals surface area contributed by atoms with Gasteiger partial charge in [0.15, 0.2) is 0 Å². The number of anilines is 1. The van der Waals surface area contributed by atoms with Crippen LogP contribution in [0.4, 0.5) is 5.69 Å². The quantitative estimate of drug-likeness (QED) is 0.534. The summed E-state index contributed by atoms with van der Waals surface area (Å²) in [6.07, 6.45) is 1.97. The highest BCUT2D eigenvalue weighted by atomic mass is 16.5. The number of aryl methyl sites for hydroxylation is 1. The molecule has 0 saturated carbocycles. The van der Waals surface area contributed by atoms with Crippen LogP contribution in [0, 0.1) is 0 Å². The summed E-state index contributed by atoms with van der Waals surface area (Å²) in [7, 11) is 1.58. The highest BCUT2D eigenvalue weighted by Gasteiger charge is 2.04. The van der Waals surface area contributed by atoms with Gasteiger partial charge in [-0.3, -0.25) is 4.79 Å². The first-order chi connectivity index (χ1) is 9.67. The number of nitrogen functional groups attached to an aromatic ring is 1. The Balaban J connectivity index is 2.25. The van der Waals surface area contributed by atoms with Gasteiger partial charge in [-0.2, -0.15) is 0 Å². The van der Waals surface area contributed by atoms with Crippen molar-refractivity contribution in [2.75, 3.05) is 32.6 Å². The number of methoxy groups -OCH3 is 1. The third kappa shape index (κ3) is 5.93. The van der Waals surface area contributed by atoms with Gasteiger partial charge >= 0.3 is 0 Å². The fourth-order valence-electron chi connectivity index (χ4n) is 1.83. The average Bonchev–Trinajstić information content (AvgIpc) is 2.45. The van der Waals surface area contributed by atoms with Gasteiger partial charge in [0, 0.05) is 26.2 Å². The molecule has 0 heterocycles. The Morgan fingerprint density at radius 2 is 2.20 bits per heavy atom. The minimum Gasteiger partial charge on any atom is -0.495 e. The molecule has 0 saturated heterocycles. The van der Waals surface area contributed by atoms with Crippen molar-refractivity contribution in [1.82, 2.24) is 5.32 Å². The Hall–Kier alpha value is -1.75. The number of nitrogens with two attached hydrogens (primary N) is 1. The Kier molecular flexibility index (Phi) is 7.50. The van der Waals surface area contributed by atoms with Crippen molar-refractivity contribution in [3.63, 3.8) is 0 Å². The molecule has 3 N–H and O–H groups in total. The average molecular weight is 280 g/mol. The molecule has 1 aromatic carbocycles. The maximum Gasteiger partial charge on any atom is 0.220 e. The topological polar surface area (TPSA) is 73.6 Å². The molecule has 0 spiro atoms. The standard InChI is InChI=1S/C15H24N2O3/c1-3-20-10-4-9-17-15(18)8-6-12-5-7-14(19-2)13(16)11-12/h5,7,11H,3-4,6,8-10,16H2,1-2H3,(H,17,18). The molecule has 1 aromatic rings. The number of hydrogen-bond acceptors (Lipinski definition) is 4. The van der Waals surface area contributed by atoms with E-state index in [2.05, 4.69) is 5.32 Å². The second-order valence-corrected chi connectivity index (χ2v) is 4.48. The number of ether oxygens (including phenoxy) is 2. The van der Waals surface area contributed by atoms with Crippen LogP contribution in [0.2, 0.25) is 0 Å². The molecule has 20 heavy (non-hydrogen) atoms. The lowest BCUT2D eigenvalue weighted by molar-refractivity contribution is -0.121. The highest BCUT2D eigenvalue weighted by Crippen LogP contribution is 2.22. The van der Waals surface area contributed by atoms with Gasteiger partial charge in [-0.1, -0.05) is 6.07 Å². The molecule has 0 aliphatic rings. The van der Waals surface area contributed by atoms with Gasteiger partial charge in [-0.15, -0.1) is 0 Å². The van der Waals surface area contributed by atoms with Gasteiger partial charge in [0.05, 0.1) is 12.8 Å². The Morgan fingerprint density at radius 1 is 1.40 bits per heavy atom. The van der Waals surface area contributed by atoms with Crippen molar-refractivity contribution in [3.8, 4) is 5.75 Å². The predicted octanol–water partition coefficient (Wildman–Crippen LogP) is 1.75. The molecule has 0 aliphatic heterocycles. The number of amides is 1. The molecule has 0 bridgehead atoms. The summed E-state index contributed by atoms with van der Waals surface area (Å²) < 4.78 is 10.3. The van der Waals surface area contributed by atoms with E-state index in [0.717, 1.165) is 12.0 Å². The molecular formula is C15H24N2O3.